The van der Waals surface area contributed by atoms with E-state index in [0.29, 0.717) is 6.54 Å². The fraction of sp³-hybridized carbons (Fsp3) is 0.263. The van der Waals surface area contributed by atoms with E-state index < -0.39 is 0 Å². The van der Waals surface area contributed by atoms with Crippen molar-refractivity contribution < 1.29 is 4.42 Å². The third-order valence-corrected chi connectivity index (χ3v) is 4.81. The first kappa shape index (κ1) is 16.0. The van der Waals surface area contributed by atoms with Gasteiger partial charge in [0.1, 0.15) is 5.52 Å². The van der Waals surface area contributed by atoms with Crippen LogP contribution in [0.4, 0.5) is 5.95 Å². The van der Waals surface area contributed by atoms with Crippen molar-refractivity contribution in [2.24, 2.45) is 0 Å². The zero-order valence-electron chi connectivity index (χ0n) is 14.8. The van der Waals surface area contributed by atoms with Crippen LogP contribution < -0.4 is 4.90 Å². The molecule has 0 radical (unpaired) electrons. The van der Waals surface area contributed by atoms with Gasteiger partial charge in [0.15, 0.2) is 5.58 Å². The Morgan fingerprint density at radius 1 is 0.889 bits per heavy atom. The Morgan fingerprint density at radius 2 is 1.67 bits per heavy atom. The summed E-state index contributed by atoms with van der Waals surface area (Å²) < 4.78 is 7.63. The number of hydrogen-bond donors (Lipinski definition) is 0. The first-order valence-corrected chi connectivity index (χ1v) is 9.02. The van der Waals surface area contributed by atoms with E-state index >= 15 is 0 Å². The Balaban J connectivity index is 1.26. The summed E-state index contributed by atoms with van der Waals surface area (Å²) in [6, 6.07) is 17.8. The summed E-state index contributed by atoms with van der Waals surface area (Å²) in [6.45, 7) is 4.23. The van der Waals surface area contributed by atoms with E-state index in [1.165, 1.54) is 0 Å². The molecule has 4 aromatic rings. The highest BCUT2D eigenvalue weighted by atomic mass is 16.3. The van der Waals surface area contributed by atoms with Crippen LogP contribution in [0.3, 0.4) is 0 Å². The van der Waals surface area contributed by atoms with Gasteiger partial charge in [-0.15, -0.1) is 0 Å². The maximum atomic E-state index is 5.84. The van der Waals surface area contributed by atoms with Crippen LogP contribution in [-0.2, 0) is 6.54 Å². The van der Waals surface area contributed by atoms with Crippen LogP contribution in [0.15, 0.2) is 59.0 Å². The van der Waals surface area contributed by atoms with Crippen molar-refractivity contribution in [3.8, 4) is 5.69 Å². The van der Waals surface area contributed by atoms with Gasteiger partial charge in [0.25, 0.3) is 0 Å². The molecule has 2 aromatic heterocycles. The maximum absolute atomic E-state index is 5.84. The Hall–Kier alpha value is -3.26. The number of aromatic nitrogens is 5. The van der Waals surface area contributed by atoms with E-state index in [9.17, 15) is 0 Å². The lowest BCUT2D eigenvalue weighted by atomic mass is 10.3. The molecule has 27 heavy (non-hydrogen) atoms. The van der Waals surface area contributed by atoms with E-state index in [2.05, 4.69) is 30.3 Å². The molecule has 0 unspecified atom stereocenters. The molecular formula is C19H19N7O. The average Bonchev–Trinajstić information content (AvgIpc) is 3.36. The second kappa shape index (κ2) is 6.81. The summed E-state index contributed by atoms with van der Waals surface area (Å²) in [7, 11) is 0. The minimum atomic E-state index is 0.714. The van der Waals surface area contributed by atoms with Crippen LogP contribution >= 0.6 is 0 Å². The topological polar surface area (TPSA) is 76.1 Å². The largest absolute Gasteiger partial charge is 0.439 e. The molecule has 0 spiro atoms. The predicted octanol–water partition coefficient (Wildman–Crippen LogP) is 2.13. The first-order chi connectivity index (χ1) is 13.4. The van der Waals surface area contributed by atoms with Gasteiger partial charge >= 0.3 is 0 Å². The summed E-state index contributed by atoms with van der Waals surface area (Å²) >= 11 is 0. The van der Waals surface area contributed by atoms with Crippen molar-refractivity contribution in [3.63, 3.8) is 0 Å². The number of fused-ring (bicyclic) bond motifs is 1. The number of rotatable bonds is 4. The van der Waals surface area contributed by atoms with Crippen molar-refractivity contribution in [2.75, 3.05) is 31.1 Å². The predicted molar refractivity (Wildman–Crippen MR) is 101 cm³/mol. The molecule has 0 amide bonds. The number of anilines is 1. The lowest BCUT2D eigenvalue weighted by Gasteiger charge is -2.34. The first-order valence-electron chi connectivity index (χ1n) is 9.02. The molecule has 0 aliphatic carbocycles. The molecule has 1 saturated heterocycles. The van der Waals surface area contributed by atoms with Crippen molar-refractivity contribution in [1.82, 2.24) is 30.1 Å². The van der Waals surface area contributed by atoms with Gasteiger partial charge in [-0.25, -0.2) is 4.98 Å². The third kappa shape index (κ3) is 3.15. The van der Waals surface area contributed by atoms with Crippen molar-refractivity contribution >= 4 is 17.0 Å². The molecule has 1 aliphatic heterocycles. The third-order valence-electron chi connectivity index (χ3n) is 4.81. The second-order valence-electron chi connectivity index (χ2n) is 6.56. The molecular weight excluding hydrogens is 342 g/mol. The molecule has 3 heterocycles. The van der Waals surface area contributed by atoms with Gasteiger partial charge in [-0.05, 0) is 34.7 Å². The standard InChI is InChI=1S/C19H19N7O/c1-2-6-15(7-3-1)26-19(21-22-23-26)25-12-10-24(11-13-25)14-18-20-16-8-4-5-9-17(16)27-18/h1-9H,10-14H2. The molecule has 0 N–H and O–H groups in total. The van der Waals surface area contributed by atoms with Gasteiger partial charge in [0.05, 0.1) is 12.2 Å². The van der Waals surface area contributed by atoms with Gasteiger partial charge in [-0.1, -0.05) is 35.4 Å². The number of para-hydroxylation sites is 3. The van der Waals surface area contributed by atoms with Crippen molar-refractivity contribution in [2.45, 2.75) is 6.54 Å². The van der Waals surface area contributed by atoms with Gasteiger partial charge in [-0.2, -0.15) is 4.68 Å². The highest BCUT2D eigenvalue weighted by molar-refractivity contribution is 5.72. The fourth-order valence-corrected chi connectivity index (χ4v) is 3.40. The van der Waals surface area contributed by atoms with Crippen LogP contribution in [-0.4, -0.2) is 56.3 Å². The Bertz CT molecular complexity index is 1000. The molecule has 0 atom stereocenters. The zero-order valence-corrected chi connectivity index (χ0v) is 14.8. The van der Waals surface area contributed by atoms with E-state index in [0.717, 1.165) is 54.8 Å². The minimum Gasteiger partial charge on any atom is -0.439 e. The lowest BCUT2D eigenvalue weighted by molar-refractivity contribution is 0.227. The van der Waals surface area contributed by atoms with Crippen LogP contribution in [0.2, 0.25) is 0 Å². The zero-order chi connectivity index (χ0) is 18.1. The number of benzene rings is 2. The highest BCUT2D eigenvalue weighted by Crippen LogP contribution is 2.19. The smallest absolute Gasteiger partial charge is 0.250 e. The van der Waals surface area contributed by atoms with Gasteiger partial charge in [-0.3, -0.25) is 4.90 Å². The molecule has 1 fully saturated rings. The van der Waals surface area contributed by atoms with Crippen molar-refractivity contribution in [1.29, 1.82) is 0 Å². The lowest BCUT2D eigenvalue weighted by Crippen LogP contribution is -2.46. The quantitative estimate of drug-likeness (QED) is 0.551. The number of piperazine rings is 1. The van der Waals surface area contributed by atoms with Gasteiger partial charge in [0, 0.05) is 26.2 Å². The average molecular weight is 361 g/mol. The number of hydrogen-bond acceptors (Lipinski definition) is 7. The SMILES string of the molecule is c1ccc(-n2nnnc2N2CCN(Cc3nc4ccccc4o3)CC2)cc1. The maximum Gasteiger partial charge on any atom is 0.250 e. The number of nitrogens with zero attached hydrogens (tertiary/aromatic N) is 7. The normalized spacial score (nSPS) is 15.5. The fourth-order valence-electron chi connectivity index (χ4n) is 3.40. The summed E-state index contributed by atoms with van der Waals surface area (Å²) in [6.07, 6.45) is 0. The molecule has 8 heteroatoms. The Morgan fingerprint density at radius 3 is 2.48 bits per heavy atom. The summed E-state index contributed by atoms with van der Waals surface area (Å²) in [5.41, 5.74) is 2.72. The van der Waals surface area contributed by atoms with Crippen LogP contribution in [0.1, 0.15) is 5.89 Å². The van der Waals surface area contributed by atoms with Crippen molar-refractivity contribution in [3.05, 3.63) is 60.5 Å². The van der Waals surface area contributed by atoms with Gasteiger partial charge < -0.3 is 9.32 Å². The second-order valence-corrected chi connectivity index (χ2v) is 6.56. The van der Waals surface area contributed by atoms with Crippen LogP contribution in [0.5, 0.6) is 0 Å². The molecule has 5 rings (SSSR count). The summed E-state index contributed by atoms with van der Waals surface area (Å²) in [5.74, 6) is 1.54. The number of tetrazole rings is 1. The van der Waals surface area contributed by atoms with E-state index in [1.807, 2.05) is 54.6 Å². The molecule has 0 saturated carbocycles. The van der Waals surface area contributed by atoms with E-state index in [-0.39, 0.29) is 0 Å². The number of oxazole rings is 1. The minimum absolute atomic E-state index is 0.714. The van der Waals surface area contributed by atoms with E-state index in [1.54, 1.807) is 4.68 Å². The molecule has 2 aromatic carbocycles. The Kier molecular flexibility index (Phi) is 4.02. The van der Waals surface area contributed by atoms with Crippen LogP contribution in [0.25, 0.3) is 16.8 Å². The monoisotopic (exact) mass is 361 g/mol. The molecule has 136 valence electrons. The van der Waals surface area contributed by atoms with Crippen LogP contribution in [0, 0.1) is 0 Å². The molecule has 0 bridgehead atoms. The summed E-state index contributed by atoms with van der Waals surface area (Å²) in [4.78, 5) is 9.13. The van der Waals surface area contributed by atoms with E-state index in [4.69, 9.17) is 4.42 Å². The molecule has 8 nitrogen and oxygen atoms in total. The highest BCUT2D eigenvalue weighted by Gasteiger charge is 2.23. The Labute approximate surface area is 156 Å². The summed E-state index contributed by atoms with van der Waals surface area (Å²) in [5, 5.41) is 12.2. The van der Waals surface area contributed by atoms with Gasteiger partial charge in [0.2, 0.25) is 11.8 Å². The molecule has 1 aliphatic rings.